The molecule has 1 aromatic rings. The van der Waals surface area contributed by atoms with Gasteiger partial charge < -0.3 is 9.88 Å². The average molecular weight is 245 g/mol. The summed E-state index contributed by atoms with van der Waals surface area (Å²) in [7, 11) is 0. The molecule has 1 heterocycles. The largest absolute Gasteiger partial charge is 0.354 e. The summed E-state index contributed by atoms with van der Waals surface area (Å²) in [6, 6.07) is 3.95. The van der Waals surface area contributed by atoms with E-state index in [1.165, 1.54) is 0 Å². The van der Waals surface area contributed by atoms with Gasteiger partial charge in [-0.15, -0.1) is 0 Å². The van der Waals surface area contributed by atoms with Crippen molar-refractivity contribution in [2.24, 2.45) is 0 Å². The Morgan fingerprint density at radius 3 is 2.69 bits per heavy atom. The number of hydrogen-bond acceptors (Lipinski definition) is 1. The molecule has 0 bridgehead atoms. The molecule has 72 valence electrons. The number of alkyl halides is 1. The molecule has 0 saturated carbocycles. The van der Waals surface area contributed by atoms with Crippen molar-refractivity contribution in [1.82, 2.24) is 9.88 Å². The molecule has 0 aliphatic carbocycles. The highest BCUT2D eigenvalue weighted by Crippen LogP contribution is 1.89. The van der Waals surface area contributed by atoms with Crippen LogP contribution < -0.4 is 5.32 Å². The Bertz CT molecular complexity index is 246. The van der Waals surface area contributed by atoms with Gasteiger partial charge >= 0.3 is 0 Å². The van der Waals surface area contributed by atoms with Gasteiger partial charge in [-0.25, -0.2) is 0 Å². The van der Waals surface area contributed by atoms with Gasteiger partial charge in [-0.05, 0) is 12.1 Å². The van der Waals surface area contributed by atoms with Crippen molar-refractivity contribution in [2.45, 2.75) is 13.0 Å². The topological polar surface area (TPSA) is 34.0 Å². The first-order chi connectivity index (χ1) is 6.33. The second-order valence-electron chi connectivity index (χ2n) is 2.71. The number of aromatic nitrogens is 1. The van der Waals surface area contributed by atoms with E-state index in [1.807, 2.05) is 29.1 Å². The molecule has 1 aromatic heterocycles. The van der Waals surface area contributed by atoms with Crippen LogP contribution in [-0.2, 0) is 11.3 Å². The maximum atomic E-state index is 11.0. The lowest BCUT2D eigenvalue weighted by Gasteiger charge is -2.04. The molecular formula is C9H13BrN2O. The van der Waals surface area contributed by atoms with E-state index >= 15 is 0 Å². The monoisotopic (exact) mass is 244 g/mol. The second-order valence-corrected chi connectivity index (χ2v) is 3.50. The fourth-order valence-electron chi connectivity index (χ4n) is 1.02. The molecule has 0 unspecified atom stereocenters. The fraction of sp³-hybridized carbons (Fsp3) is 0.444. The maximum Gasteiger partial charge on any atom is 0.220 e. The lowest BCUT2D eigenvalue weighted by Crippen LogP contribution is -2.26. The summed E-state index contributed by atoms with van der Waals surface area (Å²) in [6.07, 6.45) is 4.51. The summed E-state index contributed by atoms with van der Waals surface area (Å²) >= 11 is 3.21. The van der Waals surface area contributed by atoms with Crippen LogP contribution >= 0.6 is 15.9 Å². The van der Waals surface area contributed by atoms with Crippen LogP contribution in [0.1, 0.15) is 6.42 Å². The van der Waals surface area contributed by atoms with Crippen LogP contribution in [0.25, 0.3) is 0 Å². The fourth-order valence-corrected chi connectivity index (χ4v) is 1.38. The molecule has 4 heteroatoms. The number of carbonyl (C=O) groups excluding carboxylic acids is 1. The van der Waals surface area contributed by atoms with E-state index < -0.39 is 0 Å². The van der Waals surface area contributed by atoms with Crippen molar-refractivity contribution in [3.05, 3.63) is 24.5 Å². The van der Waals surface area contributed by atoms with Crippen molar-refractivity contribution >= 4 is 21.8 Å². The van der Waals surface area contributed by atoms with E-state index in [0.717, 1.165) is 11.9 Å². The summed E-state index contributed by atoms with van der Waals surface area (Å²) in [5.74, 6) is 0.101. The van der Waals surface area contributed by atoms with Gasteiger partial charge in [0.15, 0.2) is 0 Å². The number of nitrogens with zero attached hydrogens (tertiary/aromatic N) is 1. The van der Waals surface area contributed by atoms with Crippen molar-refractivity contribution in [3.63, 3.8) is 0 Å². The Balaban J connectivity index is 2.11. The molecule has 3 nitrogen and oxygen atoms in total. The van der Waals surface area contributed by atoms with Crippen molar-refractivity contribution < 1.29 is 4.79 Å². The molecule has 0 aliphatic heterocycles. The molecule has 0 spiro atoms. The van der Waals surface area contributed by atoms with E-state index in [2.05, 4.69) is 21.2 Å². The predicted octanol–water partition coefficient (Wildman–Crippen LogP) is 1.39. The number of nitrogens with one attached hydrogen (secondary N) is 1. The molecule has 13 heavy (non-hydrogen) atoms. The summed E-state index contributed by atoms with van der Waals surface area (Å²) in [6.45, 7) is 1.53. The lowest BCUT2D eigenvalue weighted by atomic mass is 10.4. The van der Waals surface area contributed by atoms with E-state index in [1.54, 1.807) is 0 Å². The lowest BCUT2D eigenvalue weighted by molar-refractivity contribution is -0.120. The Kier molecular flexibility index (Phi) is 4.60. The van der Waals surface area contributed by atoms with Gasteiger partial charge in [0.05, 0.1) is 0 Å². The Morgan fingerprint density at radius 2 is 2.08 bits per heavy atom. The standard InChI is InChI=1S/C9H13BrN2O/c10-4-3-9(13)11-5-8-12-6-1-2-7-12/h1-2,6-7H,3-5,8H2,(H,11,13). The van der Waals surface area contributed by atoms with Crippen LogP contribution in [0.2, 0.25) is 0 Å². The van der Waals surface area contributed by atoms with Crippen LogP contribution in [0.5, 0.6) is 0 Å². The zero-order chi connectivity index (χ0) is 9.52. The number of amides is 1. The van der Waals surface area contributed by atoms with Gasteiger partial charge in [0.25, 0.3) is 0 Å². The van der Waals surface area contributed by atoms with Gasteiger partial charge in [-0.1, -0.05) is 15.9 Å². The van der Waals surface area contributed by atoms with Gasteiger partial charge in [-0.3, -0.25) is 4.79 Å². The van der Waals surface area contributed by atoms with Crippen LogP contribution in [0.15, 0.2) is 24.5 Å². The molecule has 1 amide bonds. The molecule has 0 radical (unpaired) electrons. The summed E-state index contributed by atoms with van der Waals surface area (Å²) < 4.78 is 2.04. The first-order valence-corrected chi connectivity index (χ1v) is 5.38. The minimum Gasteiger partial charge on any atom is -0.354 e. The first-order valence-electron chi connectivity index (χ1n) is 4.26. The van der Waals surface area contributed by atoms with Crippen molar-refractivity contribution in [1.29, 1.82) is 0 Å². The molecule has 0 fully saturated rings. The SMILES string of the molecule is O=C(CCBr)NCCn1cccc1. The van der Waals surface area contributed by atoms with Crippen molar-refractivity contribution in [3.8, 4) is 0 Å². The molecule has 1 rings (SSSR count). The molecular weight excluding hydrogens is 232 g/mol. The number of carbonyl (C=O) groups is 1. The highest BCUT2D eigenvalue weighted by Gasteiger charge is 1.97. The number of halogens is 1. The highest BCUT2D eigenvalue weighted by atomic mass is 79.9. The Morgan fingerprint density at radius 1 is 1.38 bits per heavy atom. The van der Waals surface area contributed by atoms with Gasteiger partial charge in [0.2, 0.25) is 5.91 Å². The maximum absolute atomic E-state index is 11.0. The zero-order valence-corrected chi connectivity index (χ0v) is 8.96. The molecule has 0 aliphatic rings. The van der Waals surface area contributed by atoms with E-state index in [0.29, 0.717) is 13.0 Å². The summed E-state index contributed by atoms with van der Waals surface area (Å²) in [5, 5.41) is 3.56. The average Bonchev–Trinajstić information content (AvgIpc) is 2.57. The smallest absolute Gasteiger partial charge is 0.220 e. The normalized spacial score (nSPS) is 9.92. The predicted molar refractivity (Wildman–Crippen MR) is 55.9 cm³/mol. The zero-order valence-electron chi connectivity index (χ0n) is 7.37. The molecule has 0 atom stereocenters. The van der Waals surface area contributed by atoms with Crippen LogP contribution in [0.4, 0.5) is 0 Å². The first kappa shape index (κ1) is 10.3. The summed E-state index contributed by atoms with van der Waals surface area (Å²) in [4.78, 5) is 11.0. The minimum absolute atomic E-state index is 0.101. The van der Waals surface area contributed by atoms with E-state index in [9.17, 15) is 4.79 Å². The highest BCUT2D eigenvalue weighted by molar-refractivity contribution is 9.09. The quantitative estimate of drug-likeness (QED) is 0.781. The van der Waals surface area contributed by atoms with Crippen molar-refractivity contribution in [2.75, 3.05) is 11.9 Å². The van der Waals surface area contributed by atoms with Gasteiger partial charge in [0, 0.05) is 37.2 Å². The van der Waals surface area contributed by atoms with Crippen LogP contribution in [0.3, 0.4) is 0 Å². The van der Waals surface area contributed by atoms with E-state index in [4.69, 9.17) is 0 Å². The molecule has 0 saturated heterocycles. The third kappa shape index (κ3) is 4.12. The van der Waals surface area contributed by atoms with Gasteiger partial charge in [-0.2, -0.15) is 0 Å². The third-order valence-corrected chi connectivity index (χ3v) is 2.08. The van der Waals surface area contributed by atoms with Gasteiger partial charge in [0.1, 0.15) is 0 Å². The summed E-state index contributed by atoms with van der Waals surface area (Å²) in [5.41, 5.74) is 0. The van der Waals surface area contributed by atoms with E-state index in [-0.39, 0.29) is 5.91 Å². The van der Waals surface area contributed by atoms with Crippen LogP contribution in [0, 0.1) is 0 Å². The number of rotatable bonds is 5. The molecule has 0 aromatic carbocycles. The Labute approximate surface area is 86.3 Å². The third-order valence-electron chi connectivity index (χ3n) is 1.68. The van der Waals surface area contributed by atoms with Crippen LogP contribution in [-0.4, -0.2) is 22.3 Å². The molecule has 1 N–H and O–H groups in total. The number of hydrogen-bond donors (Lipinski definition) is 1. The minimum atomic E-state index is 0.101. The second kappa shape index (κ2) is 5.80. The Hall–Kier alpha value is -0.770.